The van der Waals surface area contributed by atoms with Crippen molar-refractivity contribution in [1.29, 1.82) is 0 Å². The Labute approximate surface area is 280 Å². The van der Waals surface area contributed by atoms with Gasteiger partial charge in [-0.3, -0.25) is 14.6 Å². The Bertz CT molecular complexity index is 1430. The van der Waals surface area contributed by atoms with Crippen LogP contribution in [-0.2, 0) is 23.7 Å². The number of hydrogen-bond donors (Lipinski definition) is 2. The second kappa shape index (κ2) is 16.0. The van der Waals surface area contributed by atoms with Crippen LogP contribution in [0.4, 0.5) is 41.1 Å². The van der Waals surface area contributed by atoms with Crippen molar-refractivity contribution >= 4 is 64.0 Å². The molecule has 0 spiro atoms. The minimum absolute atomic E-state index is 0.0748. The monoisotopic (exact) mass is 700 g/mol. The Hall–Kier alpha value is -3.63. The largest absolute Gasteiger partial charge is 0.443 e. The fourth-order valence-electron chi connectivity index (χ4n) is 5.43. The first-order valence-electron chi connectivity index (χ1n) is 15.1. The molecule has 256 valence electrons. The lowest BCUT2D eigenvalue weighted by molar-refractivity contribution is -0.119. The first-order chi connectivity index (χ1) is 22.6. The number of hydrogen-bond acceptors (Lipinski definition) is 10. The lowest BCUT2D eigenvalue weighted by Crippen LogP contribution is -2.37. The number of morpholine rings is 2. The summed E-state index contributed by atoms with van der Waals surface area (Å²) in [5, 5.41) is 2.48. The summed E-state index contributed by atoms with van der Waals surface area (Å²) in [6.07, 6.45) is -1.99. The molecule has 4 aliphatic heterocycles. The van der Waals surface area contributed by atoms with E-state index in [1.165, 1.54) is 21.9 Å². The van der Waals surface area contributed by atoms with E-state index in [9.17, 15) is 23.2 Å². The average Bonchev–Trinajstić information content (AvgIpc) is 3.65. The van der Waals surface area contributed by atoms with Gasteiger partial charge in [-0.25, -0.2) is 18.4 Å². The molecule has 2 aromatic carbocycles. The molecule has 47 heavy (non-hydrogen) atoms. The number of anilines is 4. The highest BCUT2D eigenvalue weighted by Crippen LogP contribution is 2.30. The van der Waals surface area contributed by atoms with Crippen LogP contribution in [0.5, 0.6) is 0 Å². The first kappa shape index (κ1) is 34.7. The number of benzene rings is 2. The van der Waals surface area contributed by atoms with Crippen molar-refractivity contribution < 1.29 is 42.1 Å². The van der Waals surface area contributed by atoms with Gasteiger partial charge in [0.05, 0.1) is 68.8 Å². The minimum Gasteiger partial charge on any atom is -0.443 e. The van der Waals surface area contributed by atoms with E-state index < -0.39 is 34.9 Å². The van der Waals surface area contributed by atoms with Crippen molar-refractivity contribution in [2.24, 2.45) is 5.73 Å². The van der Waals surface area contributed by atoms with Crippen LogP contribution in [0.2, 0.25) is 0 Å². The Morgan fingerprint density at radius 1 is 0.809 bits per heavy atom. The predicted octanol–water partition coefficient (Wildman–Crippen LogP) is 2.85. The smallest absolute Gasteiger partial charge is 0.414 e. The van der Waals surface area contributed by atoms with Crippen molar-refractivity contribution in [3.8, 4) is 0 Å². The summed E-state index contributed by atoms with van der Waals surface area (Å²) in [6, 6.07) is 9.41. The average molecular weight is 702 g/mol. The Balaban J connectivity index is 0.000000189. The molecule has 4 fully saturated rings. The first-order valence-corrected chi connectivity index (χ1v) is 16.0. The summed E-state index contributed by atoms with van der Waals surface area (Å²) in [7, 11) is 0. The molecule has 3 amide bonds. The fourth-order valence-corrected chi connectivity index (χ4v) is 5.59. The summed E-state index contributed by atoms with van der Waals surface area (Å²) < 4.78 is 49.6. The van der Waals surface area contributed by atoms with Crippen molar-refractivity contribution in [2.45, 2.75) is 17.0 Å². The Morgan fingerprint density at radius 3 is 1.66 bits per heavy atom. The lowest BCUT2D eigenvalue weighted by Gasteiger charge is -2.29. The van der Waals surface area contributed by atoms with Crippen molar-refractivity contribution in [3.05, 3.63) is 48.0 Å². The van der Waals surface area contributed by atoms with Gasteiger partial charge in [-0.05, 0) is 36.4 Å². The molecule has 0 aliphatic carbocycles. The number of cyclic esters (lactones) is 2. The second-order valence-electron chi connectivity index (χ2n) is 11.0. The van der Waals surface area contributed by atoms with Gasteiger partial charge in [0, 0.05) is 32.7 Å². The molecule has 0 saturated carbocycles. The zero-order valence-corrected chi connectivity index (χ0v) is 26.9. The molecule has 4 aliphatic rings. The van der Waals surface area contributed by atoms with Gasteiger partial charge in [-0.2, -0.15) is 0 Å². The maximum atomic E-state index is 14.5. The van der Waals surface area contributed by atoms with Crippen LogP contribution in [0.15, 0.2) is 36.4 Å². The van der Waals surface area contributed by atoms with Gasteiger partial charge in [-0.15, -0.1) is 0 Å². The van der Waals surface area contributed by atoms with Crippen LogP contribution in [0.1, 0.15) is 0 Å². The third kappa shape index (κ3) is 8.65. The number of alkyl halides is 2. The molecule has 0 aromatic heterocycles. The molecule has 0 radical (unpaired) electrons. The minimum atomic E-state index is -1.19. The highest BCUT2D eigenvalue weighted by Gasteiger charge is 2.34. The number of nitrogens with two attached hydrogens (primary N) is 1. The van der Waals surface area contributed by atoms with Crippen LogP contribution >= 0.6 is 23.2 Å². The van der Waals surface area contributed by atoms with Crippen LogP contribution in [0.3, 0.4) is 0 Å². The Kier molecular flexibility index (Phi) is 11.8. The number of rotatable bonds is 8. The molecule has 4 saturated heterocycles. The SMILES string of the molecule is NC[C@H]1CN(c2ccc(N3CCOCC3)c(F)c2)C(=O)O1.O=C(NC[C@H]1CN(c2ccc(N3CCOCC3)c(F)c2)C(=O)O1)C(Cl)Cl. The highest BCUT2D eigenvalue weighted by molar-refractivity contribution is 6.53. The van der Waals surface area contributed by atoms with Crippen LogP contribution in [-0.4, -0.2) is 114 Å². The van der Waals surface area contributed by atoms with Gasteiger partial charge < -0.3 is 39.8 Å². The molecular formula is C30H36Cl2F2N6O7. The van der Waals surface area contributed by atoms with E-state index in [4.69, 9.17) is 47.9 Å². The number of nitrogens with one attached hydrogen (secondary N) is 1. The van der Waals surface area contributed by atoms with Gasteiger partial charge in [0.2, 0.25) is 0 Å². The van der Waals surface area contributed by atoms with Gasteiger partial charge in [0.1, 0.15) is 23.8 Å². The van der Waals surface area contributed by atoms with Crippen LogP contribution in [0, 0.1) is 11.6 Å². The van der Waals surface area contributed by atoms with E-state index in [1.54, 1.807) is 24.3 Å². The molecular weight excluding hydrogens is 665 g/mol. The topological polar surface area (TPSA) is 139 Å². The van der Waals surface area contributed by atoms with Crippen LogP contribution in [0.25, 0.3) is 0 Å². The highest BCUT2D eigenvalue weighted by atomic mass is 35.5. The van der Waals surface area contributed by atoms with E-state index in [1.807, 2.05) is 9.80 Å². The van der Waals surface area contributed by atoms with Crippen molar-refractivity contribution in [2.75, 3.05) is 98.4 Å². The molecule has 4 heterocycles. The zero-order chi connectivity index (χ0) is 33.5. The number of carbonyl (C=O) groups is 3. The lowest BCUT2D eigenvalue weighted by atomic mass is 10.2. The van der Waals surface area contributed by atoms with Gasteiger partial charge in [-0.1, -0.05) is 23.2 Å². The van der Waals surface area contributed by atoms with E-state index in [-0.39, 0.29) is 31.6 Å². The van der Waals surface area contributed by atoms with E-state index >= 15 is 0 Å². The number of ether oxygens (including phenoxy) is 4. The molecule has 2 aromatic rings. The fraction of sp³-hybridized carbons (Fsp3) is 0.500. The quantitative estimate of drug-likeness (QED) is 0.396. The van der Waals surface area contributed by atoms with Gasteiger partial charge in [0.15, 0.2) is 4.84 Å². The number of amides is 3. The summed E-state index contributed by atoms with van der Waals surface area (Å²) in [5.74, 6) is -1.33. The maximum absolute atomic E-state index is 14.5. The zero-order valence-electron chi connectivity index (χ0n) is 25.4. The van der Waals surface area contributed by atoms with Gasteiger partial charge in [0.25, 0.3) is 5.91 Å². The molecule has 2 atom stereocenters. The maximum Gasteiger partial charge on any atom is 0.414 e. The standard InChI is InChI=1S/C16H18Cl2FN3O4.C14H18FN3O3/c17-14(18)15(23)20-8-11-9-22(16(24)26-11)10-1-2-13(12(19)7-10)21-3-5-25-6-4-21;15-12-7-10(18-9-11(8-16)21-14(18)19)1-2-13(12)17-3-5-20-6-4-17/h1-2,7,11,14H,3-6,8-9H2,(H,20,23);1-2,7,11H,3-6,8-9,16H2/t2*11-/m00/s1. The third-order valence-electron chi connectivity index (χ3n) is 7.90. The van der Waals surface area contributed by atoms with Crippen LogP contribution < -0.4 is 30.7 Å². The predicted molar refractivity (Wildman–Crippen MR) is 172 cm³/mol. The normalized spacial score (nSPS) is 21.4. The van der Waals surface area contributed by atoms with Crippen molar-refractivity contribution in [1.82, 2.24) is 5.32 Å². The van der Waals surface area contributed by atoms with Gasteiger partial charge >= 0.3 is 12.2 Å². The molecule has 0 bridgehead atoms. The summed E-state index contributed by atoms with van der Waals surface area (Å²) in [4.78, 5) is 40.5. The van der Waals surface area contributed by atoms with E-state index in [0.717, 1.165) is 0 Å². The molecule has 6 rings (SSSR count). The van der Waals surface area contributed by atoms with E-state index in [2.05, 4.69) is 5.32 Å². The molecule has 17 heteroatoms. The summed E-state index contributed by atoms with van der Waals surface area (Å²) >= 11 is 10.9. The molecule has 0 unspecified atom stereocenters. The summed E-state index contributed by atoms with van der Waals surface area (Å²) in [5.41, 5.74) is 7.38. The Morgan fingerprint density at radius 2 is 1.26 bits per heavy atom. The second-order valence-corrected chi connectivity index (χ2v) is 12.1. The summed E-state index contributed by atoms with van der Waals surface area (Å²) in [6.45, 7) is 5.73. The number of halogens is 4. The van der Waals surface area contributed by atoms with E-state index in [0.29, 0.717) is 81.9 Å². The molecule has 13 nitrogen and oxygen atoms in total. The van der Waals surface area contributed by atoms with Crippen molar-refractivity contribution in [3.63, 3.8) is 0 Å². The number of nitrogens with zero attached hydrogens (tertiary/aromatic N) is 4. The molecule has 3 N–H and O–H groups in total. The number of carbonyl (C=O) groups excluding carboxylic acids is 3. The third-order valence-corrected chi connectivity index (χ3v) is 8.30.